The van der Waals surface area contributed by atoms with Crippen molar-refractivity contribution in [1.29, 1.82) is 0 Å². The van der Waals surface area contributed by atoms with Crippen molar-refractivity contribution in [2.24, 2.45) is 0 Å². The number of halogens is 1. The number of nitrogens with zero attached hydrogens (tertiary/aromatic N) is 3. The predicted octanol–water partition coefficient (Wildman–Crippen LogP) is 2.18. The van der Waals surface area contributed by atoms with Gasteiger partial charge in [-0.05, 0) is 30.0 Å². The van der Waals surface area contributed by atoms with Crippen LogP contribution in [0.1, 0.15) is 32.3 Å². The zero-order chi connectivity index (χ0) is 12.5. The lowest BCUT2D eigenvalue weighted by Crippen LogP contribution is -2.20. The summed E-state index contributed by atoms with van der Waals surface area (Å²) in [6.07, 6.45) is 0. The van der Waals surface area contributed by atoms with Crippen LogP contribution in [0.2, 0.25) is 0 Å². The number of anilines is 1. The van der Waals surface area contributed by atoms with E-state index < -0.39 is 0 Å². The summed E-state index contributed by atoms with van der Waals surface area (Å²) in [5.41, 5.74) is 6.79. The first kappa shape index (κ1) is 13.4. The molecule has 0 atom stereocenters. The Kier molecular flexibility index (Phi) is 3.91. The van der Waals surface area contributed by atoms with E-state index in [-0.39, 0.29) is 5.41 Å². The number of nitrogens with two attached hydrogens (primary N) is 1. The van der Waals surface area contributed by atoms with Crippen LogP contribution in [0.5, 0.6) is 0 Å². The minimum Gasteiger partial charge on any atom is -0.383 e. The van der Waals surface area contributed by atoms with E-state index in [1.165, 1.54) is 0 Å². The molecule has 1 aromatic heterocycles. The minimum absolute atomic E-state index is 0.0447. The summed E-state index contributed by atoms with van der Waals surface area (Å²) in [5.74, 6) is 1.27. The van der Waals surface area contributed by atoms with Gasteiger partial charge in [0.2, 0.25) is 0 Å². The molecule has 1 rings (SSSR count). The lowest BCUT2D eigenvalue weighted by atomic mass is 9.92. The highest BCUT2D eigenvalue weighted by molar-refractivity contribution is 9.10. The van der Waals surface area contributed by atoms with Gasteiger partial charge in [-0.2, -0.15) is 0 Å². The van der Waals surface area contributed by atoms with Crippen molar-refractivity contribution in [3.63, 3.8) is 0 Å². The van der Waals surface area contributed by atoms with Crippen LogP contribution in [0.3, 0.4) is 0 Å². The van der Waals surface area contributed by atoms with Crippen molar-refractivity contribution in [2.45, 2.75) is 32.7 Å². The first-order chi connectivity index (χ1) is 7.21. The second-order valence-electron chi connectivity index (χ2n) is 5.18. The van der Waals surface area contributed by atoms with E-state index in [0.717, 1.165) is 16.0 Å². The second-order valence-corrected chi connectivity index (χ2v) is 5.97. The molecule has 5 heteroatoms. The summed E-state index contributed by atoms with van der Waals surface area (Å²) in [4.78, 5) is 10.9. The molecule has 0 aliphatic rings. The molecule has 0 aliphatic carbocycles. The van der Waals surface area contributed by atoms with Crippen LogP contribution in [0.25, 0.3) is 0 Å². The molecule has 0 radical (unpaired) electrons. The number of rotatable bonds is 2. The van der Waals surface area contributed by atoms with Gasteiger partial charge in [0.05, 0.1) is 16.7 Å². The Bertz CT molecular complexity index is 382. The predicted molar refractivity (Wildman–Crippen MR) is 70.2 cm³/mol. The minimum atomic E-state index is -0.0447. The van der Waals surface area contributed by atoms with Gasteiger partial charge in [-0.1, -0.05) is 20.8 Å². The topological polar surface area (TPSA) is 55.0 Å². The van der Waals surface area contributed by atoms with Crippen molar-refractivity contribution in [1.82, 2.24) is 14.9 Å². The molecular weight excluding hydrogens is 268 g/mol. The van der Waals surface area contributed by atoms with E-state index in [2.05, 4.69) is 46.7 Å². The molecule has 0 saturated heterocycles. The van der Waals surface area contributed by atoms with Crippen molar-refractivity contribution in [3.8, 4) is 0 Å². The molecule has 2 N–H and O–H groups in total. The Hall–Kier alpha value is -0.680. The first-order valence-corrected chi connectivity index (χ1v) is 5.98. The molecule has 0 bridgehead atoms. The van der Waals surface area contributed by atoms with E-state index in [4.69, 9.17) is 5.73 Å². The van der Waals surface area contributed by atoms with Gasteiger partial charge in [0, 0.05) is 5.41 Å². The van der Waals surface area contributed by atoms with Gasteiger partial charge in [0.25, 0.3) is 0 Å². The van der Waals surface area contributed by atoms with Crippen molar-refractivity contribution >= 4 is 21.7 Å². The van der Waals surface area contributed by atoms with E-state index in [0.29, 0.717) is 12.4 Å². The highest BCUT2D eigenvalue weighted by atomic mass is 79.9. The van der Waals surface area contributed by atoms with Crippen LogP contribution in [0.4, 0.5) is 5.82 Å². The average molecular weight is 287 g/mol. The highest BCUT2D eigenvalue weighted by Gasteiger charge is 2.22. The molecule has 0 aliphatic heterocycles. The number of hydrogen-bond donors (Lipinski definition) is 1. The fourth-order valence-corrected chi connectivity index (χ4v) is 2.14. The SMILES string of the molecule is CN(C)Cc1nc(N)c(Br)c(C(C)(C)C)n1. The molecule has 0 spiro atoms. The fourth-order valence-electron chi connectivity index (χ4n) is 1.36. The summed E-state index contributed by atoms with van der Waals surface area (Å²) in [6.45, 7) is 7.03. The van der Waals surface area contributed by atoms with Gasteiger partial charge in [-0.25, -0.2) is 9.97 Å². The van der Waals surface area contributed by atoms with E-state index in [1.807, 2.05) is 19.0 Å². The van der Waals surface area contributed by atoms with Crippen molar-refractivity contribution in [2.75, 3.05) is 19.8 Å². The highest BCUT2D eigenvalue weighted by Crippen LogP contribution is 2.31. The van der Waals surface area contributed by atoms with Crippen LogP contribution in [-0.2, 0) is 12.0 Å². The second kappa shape index (κ2) is 4.67. The number of nitrogen functional groups attached to an aromatic ring is 1. The molecular formula is C11H19BrN4. The fraction of sp³-hybridized carbons (Fsp3) is 0.636. The number of aromatic nitrogens is 2. The first-order valence-electron chi connectivity index (χ1n) is 5.19. The van der Waals surface area contributed by atoms with Gasteiger partial charge in [0.15, 0.2) is 0 Å². The van der Waals surface area contributed by atoms with Gasteiger partial charge in [-0.3, -0.25) is 0 Å². The molecule has 1 aromatic rings. The molecule has 0 aromatic carbocycles. The Morgan fingerprint density at radius 1 is 1.25 bits per heavy atom. The Morgan fingerprint density at radius 3 is 2.25 bits per heavy atom. The van der Waals surface area contributed by atoms with Gasteiger partial charge in [-0.15, -0.1) is 0 Å². The van der Waals surface area contributed by atoms with Crippen LogP contribution in [0.15, 0.2) is 4.47 Å². The van der Waals surface area contributed by atoms with Gasteiger partial charge >= 0.3 is 0 Å². The van der Waals surface area contributed by atoms with E-state index in [9.17, 15) is 0 Å². The quantitative estimate of drug-likeness (QED) is 0.906. The van der Waals surface area contributed by atoms with Crippen molar-refractivity contribution in [3.05, 3.63) is 16.0 Å². The summed E-state index contributed by atoms with van der Waals surface area (Å²) >= 11 is 3.45. The smallest absolute Gasteiger partial charge is 0.145 e. The Balaban J connectivity index is 3.23. The van der Waals surface area contributed by atoms with Gasteiger partial charge < -0.3 is 10.6 Å². The zero-order valence-electron chi connectivity index (χ0n) is 10.5. The lowest BCUT2D eigenvalue weighted by molar-refractivity contribution is 0.388. The molecule has 0 unspecified atom stereocenters. The van der Waals surface area contributed by atoms with E-state index in [1.54, 1.807) is 0 Å². The third-order valence-electron chi connectivity index (χ3n) is 2.09. The lowest BCUT2D eigenvalue weighted by Gasteiger charge is -2.21. The summed E-state index contributed by atoms with van der Waals surface area (Å²) in [5, 5.41) is 0. The molecule has 1 heterocycles. The third kappa shape index (κ3) is 3.15. The molecule has 90 valence electrons. The molecule has 16 heavy (non-hydrogen) atoms. The van der Waals surface area contributed by atoms with Crippen LogP contribution >= 0.6 is 15.9 Å². The largest absolute Gasteiger partial charge is 0.383 e. The monoisotopic (exact) mass is 286 g/mol. The normalized spacial score (nSPS) is 12.2. The maximum Gasteiger partial charge on any atom is 0.145 e. The molecule has 0 fully saturated rings. The number of hydrogen-bond acceptors (Lipinski definition) is 4. The maximum absolute atomic E-state index is 5.88. The third-order valence-corrected chi connectivity index (χ3v) is 2.87. The van der Waals surface area contributed by atoms with E-state index >= 15 is 0 Å². The summed E-state index contributed by atoms with van der Waals surface area (Å²) < 4.78 is 0.808. The standard InChI is InChI=1S/C11H19BrN4/c1-11(2,3)9-8(12)10(13)15-7(14-9)6-16(4)5/h6H2,1-5H3,(H2,13,14,15). The maximum atomic E-state index is 5.88. The Morgan fingerprint density at radius 2 is 1.81 bits per heavy atom. The molecule has 4 nitrogen and oxygen atoms in total. The average Bonchev–Trinajstić information content (AvgIpc) is 2.08. The zero-order valence-corrected chi connectivity index (χ0v) is 12.1. The van der Waals surface area contributed by atoms with Crippen LogP contribution in [-0.4, -0.2) is 29.0 Å². The van der Waals surface area contributed by atoms with Crippen molar-refractivity contribution < 1.29 is 0 Å². The summed E-state index contributed by atoms with van der Waals surface area (Å²) in [6, 6.07) is 0. The molecule has 0 saturated carbocycles. The van der Waals surface area contributed by atoms with Gasteiger partial charge in [0.1, 0.15) is 11.6 Å². The van der Waals surface area contributed by atoms with Crippen LogP contribution < -0.4 is 5.73 Å². The Labute approximate surface area is 105 Å². The summed E-state index contributed by atoms with van der Waals surface area (Å²) in [7, 11) is 3.97. The molecule has 0 amide bonds. The van der Waals surface area contributed by atoms with Crippen LogP contribution in [0, 0.1) is 0 Å².